The molecule has 1 aliphatic carbocycles. The molecule has 0 aromatic heterocycles. The summed E-state index contributed by atoms with van der Waals surface area (Å²) in [5.74, 6) is 0.0331. The van der Waals surface area contributed by atoms with E-state index in [-0.39, 0.29) is 22.4 Å². The van der Waals surface area contributed by atoms with Crippen molar-refractivity contribution in [1.29, 1.82) is 0 Å². The molecule has 136 valence electrons. The molecule has 1 saturated heterocycles. The second-order valence-corrected chi connectivity index (χ2v) is 7.36. The van der Waals surface area contributed by atoms with Crippen molar-refractivity contribution in [3.63, 3.8) is 0 Å². The highest BCUT2D eigenvalue weighted by atomic mass is 16.6. The molecule has 3 rings (SSSR count). The topological polar surface area (TPSA) is 92.7 Å². The number of anilines is 1. The van der Waals surface area contributed by atoms with Crippen LogP contribution in [0.5, 0.6) is 0 Å². The lowest BCUT2D eigenvalue weighted by Gasteiger charge is -2.42. The number of nitrogens with two attached hydrogens (primary N) is 1. The van der Waals surface area contributed by atoms with E-state index < -0.39 is 5.54 Å². The van der Waals surface area contributed by atoms with Gasteiger partial charge in [-0.05, 0) is 25.8 Å². The van der Waals surface area contributed by atoms with Crippen LogP contribution >= 0.6 is 0 Å². The number of piperazine rings is 1. The van der Waals surface area contributed by atoms with E-state index in [4.69, 9.17) is 5.73 Å². The van der Waals surface area contributed by atoms with E-state index in [2.05, 4.69) is 0 Å². The quantitative estimate of drug-likeness (QED) is 0.669. The van der Waals surface area contributed by atoms with Crippen LogP contribution < -0.4 is 10.6 Å². The van der Waals surface area contributed by atoms with Crippen LogP contribution in [0.3, 0.4) is 0 Å². The van der Waals surface area contributed by atoms with Gasteiger partial charge in [0.25, 0.3) is 5.69 Å². The van der Waals surface area contributed by atoms with Crippen LogP contribution in [0.15, 0.2) is 24.3 Å². The van der Waals surface area contributed by atoms with E-state index in [1.807, 2.05) is 22.8 Å². The first-order valence-corrected chi connectivity index (χ1v) is 8.96. The Balaban J connectivity index is 1.66. The molecule has 1 heterocycles. The Morgan fingerprint density at radius 1 is 1.24 bits per heavy atom. The molecule has 1 amide bonds. The normalized spacial score (nSPS) is 27.2. The SMILES string of the molecule is CC1(N)CCCCC1C(=O)N1CCN(c2ccccc2[N+](=O)[O-])CC1. The molecule has 25 heavy (non-hydrogen) atoms. The predicted octanol–water partition coefficient (Wildman–Crippen LogP) is 2.15. The summed E-state index contributed by atoms with van der Waals surface area (Å²) in [5.41, 5.74) is 6.68. The number of carbonyl (C=O) groups is 1. The van der Waals surface area contributed by atoms with Gasteiger partial charge in [0.2, 0.25) is 5.91 Å². The van der Waals surface area contributed by atoms with Crippen molar-refractivity contribution in [1.82, 2.24) is 4.90 Å². The molecule has 1 saturated carbocycles. The summed E-state index contributed by atoms with van der Waals surface area (Å²) in [4.78, 5) is 27.6. The highest BCUT2D eigenvalue weighted by Gasteiger charge is 2.40. The summed E-state index contributed by atoms with van der Waals surface area (Å²) < 4.78 is 0. The first kappa shape index (κ1) is 17.7. The lowest BCUT2D eigenvalue weighted by molar-refractivity contribution is -0.384. The lowest BCUT2D eigenvalue weighted by Crippen LogP contribution is -2.57. The molecular weight excluding hydrogens is 320 g/mol. The molecule has 0 bridgehead atoms. The summed E-state index contributed by atoms with van der Waals surface area (Å²) in [7, 11) is 0. The van der Waals surface area contributed by atoms with Gasteiger partial charge in [0, 0.05) is 37.8 Å². The molecule has 7 heteroatoms. The van der Waals surface area contributed by atoms with Gasteiger partial charge in [-0.2, -0.15) is 0 Å². The first-order chi connectivity index (χ1) is 11.9. The van der Waals surface area contributed by atoms with Crippen LogP contribution in [0, 0.1) is 16.0 Å². The fourth-order valence-electron chi connectivity index (χ4n) is 4.04. The summed E-state index contributed by atoms with van der Waals surface area (Å²) in [6, 6.07) is 6.77. The maximum absolute atomic E-state index is 12.9. The predicted molar refractivity (Wildman–Crippen MR) is 96.4 cm³/mol. The Kier molecular flexibility index (Phi) is 4.94. The van der Waals surface area contributed by atoms with Crippen molar-refractivity contribution in [2.75, 3.05) is 31.1 Å². The van der Waals surface area contributed by atoms with E-state index in [1.54, 1.807) is 12.1 Å². The molecule has 1 aromatic carbocycles. The molecular formula is C18H26N4O3. The Labute approximate surface area is 147 Å². The highest BCUT2D eigenvalue weighted by Crippen LogP contribution is 2.34. The van der Waals surface area contributed by atoms with Gasteiger partial charge < -0.3 is 15.5 Å². The van der Waals surface area contributed by atoms with E-state index in [9.17, 15) is 14.9 Å². The standard InChI is InChI=1S/C18H26N4O3/c1-18(19)9-5-4-6-14(18)17(23)21-12-10-20(11-13-21)15-7-2-3-8-16(15)22(24)25/h2-3,7-8,14H,4-6,9-13,19H2,1H3. The molecule has 0 spiro atoms. The van der Waals surface area contributed by atoms with Crippen LogP contribution in [-0.4, -0.2) is 47.4 Å². The van der Waals surface area contributed by atoms with Crippen molar-refractivity contribution in [2.24, 2.45) is 11.7 Å². The molecule has 2 atom stereocenters. The zero-order valence-electron chi connectivity index (χ0n) is 14.7. The maximum atomic E-state index is 12.9. The fraction of sp³-hybridized carbons (Fsp3) is 0.611. The summed E-state index contributed by atoms with van der Waals surface area (Å²) >= 11 is 0. The molecule has 2 N–H and O–H groups in total. The van der Waals surface area contributed by atoms with E-state index in [0.29, 0.717) is 31.9 Å². The molecule has 7 nitrogen and oxygen atoms in total. The zero-order valence-corrected chi connectivity index (χ0v) is 14.7. The number of para-hydroxylation sites is 2. The van der Waals surface area contributed by atoms with Gasteiger partial charge in [-0.25, -0.2) is 0 Å². The zero-order chi connectivity index (χ0) is 18.0. The van der Waals surface area contributed by atoms with E-state index in [0.717, 1.165) is 25.7 Å². The van der Waals surface area contributed by atoms with Crippen molar-refractivity contribution in [3.05, 3.63) is 34.4 Å². The fourth-order valence-corrected chi connectivity index (χ4v) is 4.04. The van der Waals surface area contributed by atoms with Gasteiger partial charge in [0.05, 0.1) is 10.8 Å². The van der Waals surface area contributed by atoms with Gasteiger partial charge >= 0.3 is 0 Å². The number of hydrogen-bond donors (Lipinski definition) is 1. The number of hydrogen-bond acceptors (Lipinski definition) is 5. The van der Waals surface area contributed by atoms with E-state index >= 15 is 0 Å². The smallest absolute Gasteiger partial charge is 0.292 e. The minimum absolute atomic E-state index is 0.112. The molecule has 0 radical (unpaired) electrons. The second-order valence-electron chi connectivity index (χ2n) is 7.36. The third kappa shape index (κ3) is 3.61. The highest BCUT2D eigenvalue weighted by molar-refractivity contribution is 5.80. The van der Waals surface area contributed by atoms with Gasteiger partial charge in [-0.15, -0.1) is 0 Å². The first-order valence-electron chi connectivity index (χ1n) is 8.96. The molecule has 1 aliphatic heterocycles. The average molecular weight is 346 g/mol. The minimum Gasteiger partial charge on any atom is -0.362 e. The van der Waals surface area contributed by atoms with Crippen molar-refractivity contribution < 1.29 is 9.72 Å². The minimum atomic E-state index is -0.426. The van der Waals surface area contributed by atoms with Crippen molar-refractivity contribution >= 4 is 17.3 Å². The Morgan fingerprint density at radius 3 is 2.56 bits per heavy atom. The monoisotopic (exact) mass is 346 g/mol. The molecule has 2 fully saturated rings. The third-order valence-electron chi connectivity index (χ3n) is 5.56. The van der Waals surface area contributed by atoms with Crippen LogP contribution in [0.25, 0.3) is 0 Å². The van der Waals surface area contributed by atoms with Crippen LogP contribution in [0.4, 0.5) is 11.4 Å². The number of nitrogens with zero attached hydrogens (tertiary/aromatic N) is 3. The largest absolute Gasteiger partial charge is 0.362 e. The molecule has 2 unspecified atom stereocenters. The number of nitro benzene ring substituents is 1. The van der Waals surface area contributed by atoms with Crippen molar-refractivity contribution in [2.45, 2.75) is 38.1 Å². The average Bonchev–Trinajstić information content (AvgIpc) is 2.61. The lowest BCUT2D eigenvalue weighted by atomic mass is 9.74. The van der Waals surface area contributed by atoms with E-state index in [1.165, 1.54) is 6.07 Å². The number of benzene rings is 1. The summed E-state index contributed by atoms with van der Waals surface area (Å²) in [6.45, 7) is 4.35. The summed E-state index contributed by atoms with van der Waals surface area (Å²) in [5, 5.41) is 11.2. The van der Waals surface area contributed by atoms with Gasteiger partial charge in [-0.3, -0.25) is 14.9 Å². The maximum Gasteiger partial charge on any atom is 0.292 e. The molecule has 2 aliphatic rings. The Morgan fingerprint density at radius 2 is 1.92 bits per heavy atom. The molecule has 1 aromatic rings. The number of nitro groups is 1. The van der Waals surface area contributed by atoms with Gasteiger partial charge in [-0.1, -0.05) is 25.0 Å². The van der Waals surface area contributed by atoms with Gasteiger partial charge in [0.1, 0.15) is 5.69 Å². The number of amides is 1. The third-order valence-corrected chi connectivity index (χ3v) is 5.56. The Hall–Kier alpha value is -2.15. The van der Waals surface area contributed by atoms with Crippen LogP contribution in [0.1, 0.15) is 32.6 Å². The second kappa shape index (κ2) is 7.00. The van der Waals surface area contributed by atoms with Crippen molar-refractivity contribution in [3.8, 4) is 0 Å². The van der Waals surface area contributed by atoms with Gasteiger partial charge in [0.15, 0.2) is 0 Å². The van der Waals surface area contributed by atoms with Crippen LogP contribution in [-0.2, 0) is 4.79 Å². The number of carbonyl (C=O) groups excluding carboxylic acids is 1. The number of rotatable bonds is 3. The van der Waals surface area contributed by atoms with Crippen LogP contribution in [0.2, 0.25) is 0 Å². The summed E-state index contributed by atoms with van der Waals surface area (Å²) in [6.07, 6.45) is 3.89. The Bertz CT molecular complexity index is 653.